The fourth-order valence-corrected chi connectivity index (χ4v) is 3.54. The van der Waals surface area contributed by atoms with Crippen molar-refractivity contribution in [2.24, 2.45) is 10.4 Å². The minimum Gasteiger partial charge on any atom is -0.336 e. The summed E-state index contributed by atoms with van der Waals surface area (Å²) in [5.74, 6) is 0.158. The van der Waals surface area contributed by atoms with E-state index in [1.165, 1.54) is 6.07 Å². The summed E-state index contributed by atoms with van der Waals surface area (Å²) in [6.07, 6.45) is 3.48. The highest BCUT2D eigenvalue weighted by Gasteiger charge is 2.32. The van der Waals surface area contributed by atoms with Gasteiger partial charge < -0.3 is 5.32 Å². The predicted octanol–water partition coefficient (Wildman–Crippen LogP) is 5.33. The van der Waals surface area contributed by atoms with Gasteiger partial charge >= 0.3 is 0 Å². The summed E-state index contributed by atoms with van der Waals surface area (Å²) in [4.78, 5) is 8.92. The van der Waals surface area contributed by atoms with Gasteiger partial charge in [-0.3, -0.25) is 14.7 Å². The third kappa shape index (κ3) is 3.40. The third-order valence-electron chi connectivity index (χ3n) is 4.62. The highest BCUT2D eigenvalue weighted by Crippen LogP contribution is 2.38. The quantitative estimate of drug-likeness (QED) is 0.649. The Kier molecular flexibility index (Phi) is 4.67. The summed E-state index contributed by atoms with van der Waals surface area (Å²) in [6.45, 7) is 7.76. The number of rotatable bonds is 3. The van der Waals surface area contributed by atoms with Gasteiger partial charge in [-0.2, -0.15) is 5.10 Å². The van der Waals surface area contributed by atoms with E-state index in [1.807, 2.05) is 16.8 Å². The zero-order valence-corrected chi connectivity index (χ0v) is 16.8. The minimum atomic E-state index is -0.427. The van der Waals surface area contributed by atoms with Crippen LogP contribution in [0.25, 0.3) is 11.1 Å². The van der Waals surface area contributed by atoms with Crippen molar-refractivity contribution in [2.45, 2.75) is 27.3 Å². The maximum Gasteiger partial charge on any atom is 0.161 e. The number of benzene rings is 1. The molecule has 1 aliphatic heterocycles. The first-order valence-electron chi connectivity index (χ1n) is 9.13. The molecule has 0 spiro atoms. The van der Waals surface area contributed by atoms with Crippen molar-refractivity contribution in [3.05, 3.63) is 59.3 Å². The molecule has 0 atom stereocenters. The molecule has 5 nitrogen and oxygen atoms in total. The number of nitrogens with one attached hydrogen (secondary N) is 1. The molecular formula is C21H21ClFN5. The molecule has 4 rings (SSSR count). The summed E-state index contributed by atoms with van der Waals surface area (Å²) in [6, 6.07) is 8.41. The van der Waals surface area contributed by atoms with Crippen molar-refractivity contribution < 1.29 is 4.39 Å². The Morgan fingerprint density at radius 2 is 1.89 bits per heavy atom. The van der Waals surface area contributed by atoms with E-state index >= 15 is 0 Å². The van der Waals surface area contributed by atoms with Crippen LogP contribution in [0.5, 0.6) is 0 Å². The van der Waals surface area contributed by atoms with Crippen LogP contribution in [-0.4, -0.2) is 27.0 Å². The number of nitrogens with zero attached hydrogens (tertiary/aromatic N) is 4. The van der Waals surface area contributed by atoms with E-state index in [2.05, 4.69) is 31.1 Å². The van der Waals surface area contributed by atoms with Crippen LogP contribution < -0.4 is 5.32 Å². The van der Waals surface area contributed by atoms with Crippen LogP contribution in [0.3, 0.4) is 0 Å². The van der Waals surface area contributed by atoms with Crippen molar-refractivity contribution in [2.75, 3.05) is 11.9 Å². The van der Waals surface area contributed by atoms with E-state index in [0.29, 0.717) is 29.6 Å². The summed E-state index contributed by atoms with van der Waals surface area (Å²) < 4.78 is 16.4. The number of anilines is 2. The van der Waals surface area contributed by atoms with E-state index in [9.17, 15) is 4.39 Å². The van der Waals surface area contributed by atoms with Gasteiger partial charge in [0, 0.05) is 22.8 Å². The molecule has 3 aromatic rings. The lowest BCUT2D eigenvalue weighted by Gasteiger charge is -2.26. The number of hydrogen-bond acceptors (Lipinski definition) is 4. The first kappa shape index (κ1) is 18.6. The number of halogens is 2. The second kappa shape index (κ2) is 7.02. The van der Waals surface area contributed by atoms with Crippen LogP contribution in [0.15, 0.2) is 47.7 Å². The Hall–Kier alpha value is -2.73. The molecule has 1 aromatic carbocycles. The molecule has 0 bridgehead atoms. The molecular weight excluding hydrogens is 377 g/mol. The number of aromatic nitrogens is 3. The topological polar surface area (TPSA) is 55.1 Å². The van der Waals surface area contributed by atoms with Gasteiger partial charge in [-0.25, -0.2) is 4.39 Å². The Balaban J connectivity index is 1.90. The lowest BCUT2D eigenvalue weighted by Crippen LogP contribution is -2.29. The first-order chi connectivity index (χ1) is 13.3. The molecule has 0 fully saturated rings. The van der Waals surface area contributed by atoms with E-state index in [1.54, 1.807) is 24.5 Å². The average molecular weight is 398 g/mol. The number of aliphatic imine (C=N–C) groups is 1. The van der Waals surface area contributed by atoms with Crippen LogP contribution in [0.2, 0.25) is 5.02 Å². The monoisotopic (exact) mass is 397 g/mol. The van der Waals surface area contributed by atoms with E-state index in [0.717, 1.165) is 22.5 Å². The molecule has 144 valence electrons. The van der Waals surface area contributed by atoms with Crippen molar-refractivity contribution >= 4 is 28.8 Å². The normalized spacial score (nSPS) is 13.8. The largest absolute Gasteiger partial charge is 0.336 e. The summed E-state index contributed by atoms with van der Waals surface area (Å²) in [5.41, 5.74) is 3.97. The molecule has 2 aromatic heterocycles. The highest BCUT2D eigenvalue weighted by molar-refractivity contribution is 6.30. The third-order valence-corrected chi connectivity index (χ3v) is 4.86. The van der Waals surface area contributed by atoms with Crippen LogP contribution >= 0.6 is 11.6 Å². The molecule has 0 amide bonds. The number of hydrogen-bond donors (Lipinski definition) is 1. The van der Waals surface area contributed by atoms with Gasteiger partial charge in [-0.05, 0) is 35.9 Å². The Labute approximate surface area is 168 Å². The summed E-state index contributed by atoms with van der Waals surface area (Å²) in [5, 5.41) is 8.26. The standard InChI is InChI=1S/C21H21ClFN5/c1-21(2,3)19-18-17(13-6-8-24-9-7-13)20(27-28(18)11-10-25-19)26-16-5-4-14(22)12-15(16)23/h4-9,12H,10-11H2,1-3H3,(H,26,27). The molecule has 0 saturated heterocycles. The highest BCUT2D eigenvalue weighted by atomic mass is 35.5. The molecule has 7 heteroatoms. The van der Waals surface area contributed by atoms with Crippen LogP contribution in [0.4, 0.5) is 15.9 Å². The molecule has 0 radical (unpaired) electrons. The first-order valence-corrected chi connectivity index (χ1v) is 9.51. The van der Waals surface area contributed by atoms with Gasteiger partial charge in [-0.1, -0.05) is 32.4 Å². The lowest BCUT2D eigenvalue weighted by molar-refractivity contribution is 0.545. The maximum atomic E-state index is 14.4. The van der Waals surface area contributed by atoms with Gasteiger partial charge in [0.2, 0.25) is 0 Å². The van der Waals surface area contributed by atoms with E-state index < -0.39 is 5.82 Å². The number of pyridine rings is 1. The van der Waals surface area contributed by atoms with Crippen molar-refractivity contribution in [1.29, 1.82) is 0 Å². The predicted molar refractivity (Wildman–Crippen MR) is 111 cm³/mol. The zero-order valence-electron chi connectivity index (χ0n) is 16.0. The molecule has 1 aliphatic rings. The molecule has 0 aliphatic carbocycles. The number of fused-ring (bicyclic) bond motifs is 1. The molecule has 3 heterocycles. The van der Waals surface area contributed by atoms with Gasteiger partial charge in [-0.15, -0.1) is 0 Å². The van der Waals surface area contributed by atoms with Crippen molar-refractivity contribution in [3.8, 4) is 11.1 Å². The van der Waals surface area contributed by atoms with Crippen molar-refractivity contribution in [3.63, 3.8) is 0 Å². The van der Waals surface area contributed by atoms with Crippen molar-refractivity contribution in [1.82, 2.24) is 14.8 Å². The maximum absolute atomic E-state index is 14.4. The fourth-order valence-electron chi connectivity index (χ4n) is 3.39. The Morgan fingerprint density at radius 3 is 2.57 bits per heavy atom. The minimum absolute atomic E-state index is 0.150. The molecule has 0 unspecified atom stereocenters. The molecule has 1 N–H and O–H groups in total. The van der Waals surface area contributed by atoms with Crippen LogP contribution in [0.1, 0.15) is 26.5 Å². The van der Waals surface area contributed by atoms with Gasteiger partial charge in [0.25, 0.3) is 0 Å². The molecule has 0 saturated carbocycles. The van der Waals surface area contributed by atoms with Crippen LogP contribution in [0, 0.1) is 11.2 Å². The second-order valence-corrected chi connectivity index (χ2v) is 8.20. The zero-order chi connectivity index (χ0) is 19.9. The SMILES string of the molecule is CC(C)(C)C1=NCCn2nc(Nc3ccc(Cl)cc3F)c(-c3ccncc3)c21. The summed E-state index contributed by atoms with van der Waals surface area (Å²) in [7, 11) is 0. The van der Waals surface area contributed by atoms with Gasteiger partial charge in [0.15, 0.2) is 5.82 Å². The summed E-state index contributed by atoms with van der Waals surface area (Å²) >= 11 is 5.89. The Morgan fingerprint density at radius 1 is 1.14 bits per heavy atom. The second-order valence-electron chi connectivity index (χ2n) is 7.76. The fraction of sp³-hybridized carbons (Fsp3) is 0.286. The van der Waals surface area contributed by atoms with E-state index in [4.69, 9.17) is 21.7 Å². The van der Waals surface area contributed by atoms with E-state index in [-0.39, 0.29) is 5.41 Å². The van der Waals surface area contributed by atoms with Gasteiger partial charge in [0.1, 0.15) is 5.82 Å². The smallest absolute Gasteiger partial charge is 0.161 e. The Bertz CT molecular complexity index is 1050. The average Bonchev–Trinajstić information content (AvgIpc) is 3.01. The lowest BCUT2D eigenvalue weighted by atomic mass is 9.85. The molecule has 28 heavy (non-hydrogen) atoms. The van der Waals surface area contributed by atoms with Crippen LogP contribution in [-0.2, 0) is 6.54 Å². The van der Waals surface area contributed by atoms with Gasteiger partial charge in [0.05, 0.1) is 35.7 Å².